The molecule has 0 aliphatic carbocycles. The van der Waals surface area contributed by atoms with Gasteiger partial charge in [0.1, 0.15) is 13.2 Å². The van der Waals surface area contributed by atoms with E-state index in [2.05, 4.69) is 135 Å². The molecule has 9 heteroatoms. The van der Waals surface area contributed by atoms with Crippen LogP contribution in [0.15, 0.2) is 122 Å². The number of quaternary nitrogens is 1. The molecule has 2 unspecified atom stereocenters. The first-order valence-electron chi connectivity index (χ1n) is 41.2. The average molecular weight is 1370 g/mol. The maximum atomic E-state index is 13.0. The van der Waals surface area contributed by atoms with Gasteiger partial charge in [0.05, 0.1) is 40.3 Å². The van der Waals surface area contributed by atoms with Crippen LogP contribution in [0.4, 0.5) is 0 Å². The summed E-state index contributed by atoms with van der Waals surface area (Å²) in [6.45, 7) is 4.67. The lowest BCUT2D eigenvalue weighted by atomic mass is 10.0. The highest BCUT2D eigenvalue weighted by Gasteiger charge is 2.22. The van der Waals surface area contributed by atoms with Gasteiger partial charge in [0, 0.05) is 12.8 Å². The summed E-state index contributed by atoms with van der Waals surface area (Å²) >= 11 is 0. The van der Waals surface area contributed by atoms with Crippen molar-refractivity contribution in [3.63, 3.8) is 0 Å². The maximum absolute atomic E-state index is 13.0. The summed E-state index contributed by atoms with van der Waals surface area (Å²) in [5, 5.41) is 11.9. The van der Waals surface area contributed by atoms with E-state index in [0.29, 0.717) is 17.4 Å². The fraction of sp³-hybridized carbons (Fsp3) is 0.742. The molecule has 0 heterocycles. The summed E-state index contributed by atoms with van der Waals surface area (Å²) in [6, 6.07) is 0. The summed E-state index contributed by atoms with van der Waals surface area (Å²) < 4.78 is 22.9. The molecule has 0 radical (unpaired) electrons. The van der Waals surface area contributed by atoms with E-state index in [-0.39, 0.29) is 38.6 Å². The van der Waals surface area contributed by atoms with Crippen LogP contribution in [-0.2, 0) is 33.3 Å². The molecule has 0 rings (SSSR count). The summed E-state index contributed by atoms with van der Waals surface area (Å²) in [4.78, 5) is 37.6. The average Bonchev–Trinajstić information content (AvgIpc) is 1.38. The minimum Gasteiger partial charge on any atom is -0.545 e. The van der Waals surface area contributed by atoms with Crippen LogP contribution in [-0.4, -0.2) is 82.3 Å². The number of carboxylic acids is 1. The number of aliphatic carboxylic acids is 1. The molecule has 0 spiro atoms. The highest BCUT2D eigenvalue weighted by atomic mass is 16.7. The predicted molar refractivity (Wildman–Crippen MR) is 421 cm³/mol. The summed E-state index contributed by atoms with van der Waals surface area (Å²) in [7, 11) is 5.94. The smallest absolute Gasteiger partial charge is 0.306 e. The zero-order chi connectivity index (χ0) is 71.1. The topological polar surface area (TPSA) is 111 Å². The predicted octanol–water partition coefficient (Wildman–Crippen LogP) is 25.3. The standard InChI is InChI=1S/C89H155NO8/c1-6-8-10-12-14-16-18-20-22-24-26-28-30-32-34-36-38-40-42-43-44-45-46-48-50-52-54-56-58-60-62-64-66-68-70-72-74-76-78-80-87(92)98-85(84-97-89(88(93)94)95-82-81-90(3,4)5)83-96-86(91)79-77-75-73-71-69-67-65-63-61-59-57-55-53-51-49-47-41-39-37-35-33-31-29-27-25-23-21-19-17-15-13-11-9-7-2/h8,10,14,16,20,22,26,28,32,34,38,40,43-44,46,48,52,54,58,60,85,89H,6-7,9,11-13,15,17-19,21,23-25,27,29-31,33,35-37,39,41-42,45,47,49-51,53,55-57,59,61-84H2,1-5H3/b10-8-,16-14-,22-20-,28-26-,34-32-,40-38-,44-43-,48-46-,54-52-,60-58-. The molecule has 9 nitrogen and oxygen atoms in total. The number of allylic oxidation sites excluding steroid dienone is 20. The molecule has 2 atom stereocenters. The first-order valence-corrected chi connectivity index (χ1v) is 41.2. The Morgan fingerprint density at radius 2 is 0.582 bits per heavy atom. The number of unbranched alkanes of at least 4 members (excludes halogenated alkanes) is 41. The van der Waals surface area contributed by atoms with Crippen LogP contribution in [0.2, 0.25) is 0 Å². The number of nitrogens with zero attached hydrogens (tertiary/aromatic N) is 1. The van der Waals surface area contributed by atoms with Crippen LogP contribution in [0.1, 0.15) is 367 Å². The number of carbonyl (C=O) groups excluding carboxylic acids is 3. The van der Waals surface area contributed by atoms with E-state index in [9.17, 15) is 19.5 Å². The van der Waals surface area contributed by atoms with E-state index in [4.69, 9.17) is 18.9 Å². The van der Waals surface area contributed by atoms with Gasteiger partial charge in [-0.3, -0.25) is 9.59 Å². The van der Waals surface area contributed by atoms with E-state index >= 15 is 0 Å². The van der Waals surface area contributed by atoms with Crippen molar-refractivity contribution in [2.45, 2.75) is 379 Å². The van der Waals surface area contributed by atoms with Gasteiger partial charge < -0.3 is 33.3 Å². The molecule has 98 heavy (non-hydrogen) atoms. The van der Waals surface area contributed by atoms with Crippen molar-refractivity contribution in [2.24, 2.45) is 0 Å². The Morgan fingerprint density at radius 3 is 0.867 bits per heavy atom. The van der Waals surface area contributed by atoms with Crippen molar-refractivity contribution in [3.8, 4) is 0 Å². The number of esters is 2. The van der Waals surface area contributed by atoms with Crippen LogP contribution in [0.25, 0.3) is 0 Å². The first-order chi connectivity index (χ1) is 48.1. The number of ether oxygens (including phenoxy) is 4. The Labute approximate surface area is 606 Å². The quantitative estimate of drug-likeness (QED) is 0.0195. The fourth-order valence-electron chi connectivity index (χ4n) is 11.7. The Balaban J connectivity index is 4.07. The van der Waals surface area contributed by atoms with Gasteiger partial charge in [0.25, 0.3) is 0 Å². The molecular weight excluding hydrogens is 1210 g/mol. The molecule has 0 aliphatic heterocycles. The third kappa shape index (κ3) is 79.0. The molecule has 0 aromatic rings. The maximum Gasteiger partial charge on any atom is 0.306 e. The molecule has 0 saturated heterocycles. The van der Waals surface area contributed by atoms with E-state index in [1.165, 1.54) is 225 Å². The van der Waals surface area contributed by atoms with Crippen LogP contribution < -0.4 is 5.11 Å². The summed E-state index contributed by atoms with van der Waals surface area (Å²) in [6.07, 6.45) is 109. The van der Waals surface area contributed by atoms with Crippen LogP contribution in [0.5, 0.6) is 0 Å². The van der Waals surface area contributed by atoms with Gasteiger partial charge in [-0.2, -0.15) is 0 Å². The normalized spacial score (nSPS) is 13.3. The van der Waals surface area contributed by atoms with Gasteiger partial charge in [-0.05, 0) is 89.9 Å². The van der Waals surface area contributed by atoms with Gasteiger partial charge in [-0.1, -0.05) is 386 Å². The van der Waals surface area contributed by atoms with Crippen molar-refractivity contribution in [1.82, 2.24) is 0 Å². The van der Waals surface area contributed by atoms with Crippen molar-refractivity contribution < 1.29 is 42.9 Å². The molecule has 0 N–H and O–H groups in total. The van der Waals surface area contributed by atoms with Gasteiger partial charge >= 0.3 is 11.9 Å². The second-order valence-electron chi connectivity index (χ2n) is 28.7. The van der Waals surface area contributed by atoms with Crippen LogP contribution in [0, 0.1) is 0 Å². The third-order valence-corrected chi connectivity index (χ3v) is 18.0. The summed E-state index contributed by atoms with van der Waals surface area (Å²) in [5.41, 5.74) is 0. The van der Waals surface area contributed by atoms with Crippen LogP contribution in [0.3, 0.4) is 0 Å². The first kappa shape index (κ1) is 93.7. The van der Waals surface area contributed by atoms with Gasteiger partial charge in [0.2, 0.25) is 0 Å². The third-order valence-electron chi connectivity index (χ3n) is 18.0. The minimum atomic E-state index is -1.63. The number of carboxylic acid groups (broad SMARTS) is 1. The van der Waals surface area contributed by atoms with Crippen molar-refractivity contribution in [3.05, 3.63) is 122 Å². The molecule has 0 saturated carbocycles. The molecule has 0 amide bonds. The van der Waals surface area contributed by atoms with Crippen molar-refractivity contribution in [1.29, 1.82) is 0 Å². The van der Waals surface area contributed by atoms with Crippen molar-refractivity contribution in [2.75, 3.05) is 47.5 Å². The van der Waals surface area contributed by atoms with Gasteiger partial charge in [-0.15, -0.1) is 0 Å². The molecule has 564 valence electrons. The minimum absolute atomic E-state index is 0.142. The van der Waals surface area contributed by atoms with Gasteiger partial charge in [-0.25, -0.2) is 0 Å². The molecule has 0 aromatic carbocycles. The highest BCUT2D eigenvalue weighted by molar-refractivity contribution is 5.70. The van der Waals surface area contributed by atoms with E-state index < -0.39 is 24.3 Å². The van der Waals surface area contributed by atoms with E-state index in [1.54, 1.807) is 0 Å². The summed E-state index contributed by atoms with van der Waals surface area (Å²) in [5.74, 6) is -2.28. The zero-order valence-electron chi connectivity index (χ0n) is 64.6. The van der Waals surface area contributed by atoms with Crippen LogP contribution >= 0.6 is 0 Å². The Morgan fingerprint density at radius 1 is 0.316 bits per heavy atom. The van der Waals surface area contributed by atoms with Gasteiger partial charge in [0.15, 0.2) is 12.4 Å². The SMILES string of the molecule is CC/C=C\C/C=C\C/C=C\C/C=C\C/C=C\C/C=C\C/C=C\C/C=C\C/C=C\C/C=C\CCCCCCCCCCC(=O)OC(COC(=O)CCCCCCCCCCCCCCCCCCCCCCCCCCCCCCCCCCCC)COC(OCC[N+](C)(C)C)C(=O)[O-]. The lowest BCUT2D eigenvalue weighted by molar-refractivity contribution is -0.870. The second-order valence-corrected chi connectivity index (χ2v) is 28.7. The lowest BCUT2D eigenvalue weighted by Crippen LogP contribution is -2.44. The largest absolute Gasteiger partial charge is 0.545 e. The Kier molecular flexibility index (Phi) is 75.0. The fourth-order valence-corrected chi connectivity index (χ4v) is 11.7. The van der Waals surface area contributed by atoms with E-state index in [0.717, 1.165) is 109 Å². The molecule has 0 aromatic heterocycles. The Bertz CT molecular complexity index is 2030. The molecule has 0 bridgehead atoms. The number of rotatable bonds is 76. The zero-order valence-corrected chi connectivity index (χ0v) is 64.6. The number of likely N-dealkylation sites (N-methyl/N-ethyl adjacent to an activating group) is 1. The number of hydrogen-bond donors (Lipinski definition) is 0. The lowest BCUT2D eigenvalue weighted by Gasteiger charge is -2.26. The second kappa shape index (κ2) is 78.4. The highest BCUT2D eigenvalue weighted by Crippen LogP contribution is 2.19. The number of carbonyl (C=O) groups is 3. The molecule has 0 fully saturated rings. The van der Waals surface area contributed by atoms with E-state index in [1.807, 2.05) is 21.1 Å². The number of hydrogen-bond acceptors (Lipinski definition) is 8. The molecular formula is C89H155NO8. The Hall–Kier alpha value is -4.31. The molecule has 0 aliphatic rings. The van der Waals surface area contributed by atoms with Crippen molar-refractivity contribution >= 4 is 17.9 Å². The monoisotopic (exact) mass is 1370 g/mol.